The van der Waals surface area contributed by atoms with Crippen molar-refractivity contribution in [2.75, 3.05) is 18.5 Å². The predicted octanol–water partition coefficient (Wildman–Crippen LogP) is 2.78. The number of nitro benzene ring substituents is 1. The Labute approximate surface area is 157 Å². The van der Waals surface area contributed by atoms with Crippen LogP contribution in [-0.4, -0.2) is 42.1 Å². The minimum absolute atomic E-state index is 0.0122. The fourth-order valence-corrected chi connectivity index (χ4v) is 3.88. The number of para-hydroxylation sites is 1. The number of hydrogen-bond donors (Lipinski definition) is 2. The van der Waals surface area contributed by atoms with Crippen molar-refractivity contribution in [3.05, 3.63) is 58.1 Å². The van der Waals surface area contributed by atoms with E-state index in [2.05, 4.69) is 10.5 Å². The average Bonchev–Trinajstić information content (AvgIpc) is 2.64. The minimum atomic E-state index is -3.81. The Bertz CT molecular complexity index is 956. The summed E-state index contributed by atoms with van der Waals surface area (Å²) in [5.41, 5.74) is 2.55. The summed E-state index contributed by atoms with van der Waals surface area (Å²) < 4.78 is 26.3. The highest BCUT2D eigenvalue weighted by Crippen LogP contribution is 2.29. The number of hydrogen-bond acceptors (Lipinski definition) is 7. The third-order valence-corrected chi connectivity index (χ3v) is 5.88. The number of anilines is 1. The van der Waals surface area contributed by atoms with Gasteiger partial charge in [-0.25, -0.2) is 8.42 Å². The second kappa shape index (κ2) is 8.60. The highest BCUT2D eigenvalue weighted by Gasteiger charge is 2.25. The first-order chi connectivity index (χ1) is 12.8. The summed E-state index contributed by atoms with van der Waals surface area (Å²) in [6.45, 7) is 3.91. The molecule has 9 nitrogen and oxygen atoms in total. The number of benzene rings is 2. The van der Waals surface area contributed by atoms with Gasteiger partial charge in [-0.15, -0.1) is 0 Å². The number of phenols is 1. The van der Waals surface area contributed by atoms with Crippen LogP contribution in [0.3, 0.4) is 0 Å². The van der Waals surface area contributed by atoms with E-state index in [0.717, 1.165) is 6.07 Å². The molecule has 0 bridgehead atoms. The molecule has 10 heteroatoms. The molecule has 0 aliphatic heterocycles. The average molecular weight is 392 g/mol. The highest BCUT2D eigenvalue weighted by atomic mass is 32.2. The molecule has 2 rings (SSSR count). The van der Waals surface area contributed by atoms with Crippen molar-refractivity contribution < 1.29 is 18.4 Å². The maximum Gasteiger partial charge on any atom is 0.295 e. The molecular weight excluding hydrogens is 372 g/mol. The minimum Gasteiger partial charge on any atom is -0.507 e. The maximum atomic E-state index is 12.5. The van der Waals surface area contributed by atoms with Gasteiger partial charge >= 0.3 is 0 Å². The number of hydrazone groups is 1. The standard InChI is InChI=1S/C17H20N4O5S/c1-3-20(4-2)27(25,26)14-9-10-15(16(11-14)21(23)24)19-18-12-13-7-5-6-8-17(13)22/h5-12,19,22H,3-4H2,1-2H3/b18-12+. The quantitative estimate of drug-likeness (QED) is 0.404. The van der Waals surface area contributed by atoms with Gasteiger partial charge in [0, 0.05) is 24.7 Å². The molecule has 0 saturated carbocycles. The third-order valence-electron chi connectivity index (χ3n) is 3.83. The van der Waals surface area contributed by atoms with E-state index >= 15 is 0 Å². The van der Waals surface area contributed by atoms with Crippen molar-refractivity contribution in [2.45, 2.75) is 18.7 Å². The summed E-state index contributed by atoms with van der Waals surface area (Å²) in [5, 5.41) is 24.9. The van der Waals surface area contributed by atoms with Gasteiger partial charge in [0.25, 0.3) is 5.69 Å². The van der Waals surface area contributed by atoms with Crippen molar-refractivity contribution in [2.24, 2.45) is 5.10 Å². The Hall–Kier alpha value is -2.98. The van der Waals surface area contributed by atoms with E-state index in [4.69, 9.17) is 0 Å². The lowest BCUT2D eigenvalue weighted by molar-refractivity contribution is -0.384. The second-order valence-electron chi connectivity index (χ2n) is 5.45. The van der Waals surface area contributed by atoms with Gasteiger partial charge in [0.05, 0.1) is 16.0 Å². The van der Waals surface area contributed by atoms with Crippen LogP contribution in [0.5, 0.6) is 5.75 Å². The van der Waals surface area contributed by atoms with Crippen LogP contribution in [0.1, 0.15) is 19.4 Å². The zero-order valence-electron chi connectivity index (χ0n) is 14.9. The van der Waals surface area contributed by atoms with Gasteiger partial charge in [-0.1, -0.05) is 26.0 Å². The summed E-state index contributed by atoms with van der Waals surface area (Å²) in [5.74, 6) is 0.0122. The molecule has 0 fully saturated rings. The van der Waals surface area contributed by atoms with Gasteiger partial charge in [-0.05, 0) is 24.3 Å². The van der Waals surface area contributed by atoms with E-state index in [-0.39, 0.29) is 29.4 Å². The number of aromatic hydroxyl groups is 1. The number of nitrogens with one attached hydrogen (secondary N) is 1. The lowest BCUT2D eigenvalue weighted by atomic mass is 10.2. The van der Waals surface area contributed by atoms with E-state index in [1.165, 1.54) is 28.7 Å². The SMILES string of the molecule is CCN(CC)S(=O)(=O)c1ccc(N/N=C/c2ccccc2O)c([N+](=O)[O-])c1. The summed E-state index contributed by atoms with van der Waals surface area (Å²) in [4.78, 5) is 10.5. The normalized spacial score (nSPS) is 11.8. The van der Waals surface area contributed by atoms with Crippen molar-refractivity contribution >= 4 is 27.6 Å². The summed E-state index contributed by atoms with van der Waals surface area (Å²) in [6, 6.07) is 10.0. The van der Waals surface area contributed by atoms with E-state index in [1.54, 1.807) is 32.0 Å². The first-order valence-corrected chi connectivity index (χ1v) is 9.60. The van der Waals surface area contributed by atoms with Crippen LogP contribution in [0.4, 0.5) is 11.4 Å². The Balaban J connectivity index is 2.34. The molecule has 0 aliphatic carbocycles. The zero-order chi connectivity index (χ0) is 20.0. The van der Waals surface area contributed by atoms with Gasteiger partial charge in [-0.2, -0.15) is 9.41 Å². The molecule has 0 radical (unpaired) electrons. The number of phenolic OH excluding ortho intramolecular Hbond substituents is 1. The summed E-state index contributed by atoms with van der Waals surface area (Å²) in [6.07, 6.45) is 1.31. The molecule has 2 aromatic rings. The van der Waals surface area contributed by atoms with E-state index < -0.39 is 20.6 Å². The predicted molar refractivity (Wildman–Crippen MR) is 103 cm³/mol. The van der Waals surface area contributed by atoms with Crippen molar-refractivity contribution in [3.63, 3.8) is 0 Å². The first-order valence-electron chi connectivity index (χ1n) is 8.16. The van der Waals surface area contributed by atoms with Crippen LogP contribution >= 0.6 is 0 Å². The Morgan fingerprint density at radius 3 is 2.48 bits per heavy atom. The summed E-state index contributed by atoms with van der Waals surface area (Å²) >= 11 is 0. The molecule has 0 unspecified atom stereocenters. The fraction of sp³-hybridized carbons (Fsp3) is 0.235. The maximum absolute atomic E-state index is 12.5. The van der Waals surface area contributed by atoms with Gasteiger partial charge in [0.2, 0.25) is 10.0 Å². The van der Waals surface area contributed by atoms with Crippen LogP contribution in [-0.2, 0) is 10.0 Å². The van der Waals surface area contributed by atoms with Crippen LogP contribution in [0.25, 0.3) is 0 Å². The molecule has 0 heterocycles. The third kappa shape index (κ3) is 4.60. The molecule has 0 spiro atoms. The zero-order valence-corrected chi connectivity index (χ0v) is 15.7. The molecule has 0 atom stereocenters. The Morgan fingerprint density at radius 1 is 1.22 bits per heavy atom. The summed E-state index contributed by atoms with van der Waals surface area (Å²) in [7, 11) is -3.81. The number of sulfonamides is 1. The van der Waals surface area contributed by atoms with E-state index in [0.29, 0.717) is 5.56 Å². The van der Waals surface area contributed by atoms with Gasteiger partial charge in [0.15, 0.2) is 0 Å². The monoisotopic (exact) mass is 392 g/mol. The molecular formula is C17H20N4O5S. The van der Waals surface area contributed by atoms with Crippen molar-refractivity contribution in [3.8, 4) is 5.75 Å². The second-order valence-corrected chi connectivity index (χ2v) is 7.39. The van der Waals surface area contributed by atoms with Gasteiger partial charge in [-0.3, -0.25) is 15.5 Å². The highest BCUT2D eigenvalue weighted by molar-refractivity contribution is 7.89. The number of nitrogens with zero attached hydrogens (tertiary/aromatic N) is 3. The largest absolute Gasteiger partial charge is 0.507 e. The fourth-order valence-electron chi connectivity index (χ4n) is 2.40. The molecule has 0 aliphatic rings. The molecule has 2 aromatic carbocycles. The van der Waals surface area contributed by atoms with Gasteiger partial charge in [0.1, 0.15) is 11.4 Å². The van der Waals surface area contributed by atoms with Crippen molar-refractivity contribution in [1.29, 1.82) is 0 Å². The van der Waals surface area contributed by atoms with Crippen LogP contribution < -0.4 is 5.43 Å². The Kier molecular flexibility index (Phi) is 6.48. The van der Waals surface area contributed by atoms with Gasteiger partial charge < -0.3 is 5.11 Å². The lowest BCUT2D eigenvalue weighted by Crippen LogP contribution is -2.30. The molecule has 144 valence electrons. The molecule has 27 heavy (non-hydrogen) atoms. The smallest absolute Gasteiger partial charge is 0.295 e. The van der Waals surface area contributed by atoms with Crippen LogP contribution in [0.15, 0.2) is 52.5 Å². The topological polar surface area (TPSA) is 125 Å². The van der Waals surface area contributed by atoms with Crippen molar-refractivity contribution in [1.82, 2.24) is 4.31 Å². The number of rotatable bonds is 8. The Morgan fingerprint density at radius 2 is 1.89 bits per heavy atom. The lowest BCUT2D eigenvalue weighted by Gasteiger charge is -2.18. The first kappa shape index (κ1) is 20.3. The molecule has 0 aromatic heterocycles. The van der Waals surface area contributed by atoms with Crippen LogP contribution in [0.2, 0.25) is 0 Å². The molecule has 0 amide bonds. The molecule has 2 N–H and O–H groups in total. The number of nitro groups is 1. The van der Waals surface area contributed by atoms with Crippen LogP contribution in [0, 0.1) is 10.1 Å². The molecule has 0 saturated heterocycles. The van der Waals surface area contributed by atoms with E-state index in [9.17, 15) is 23.6 Å². The van der Waals surface area contributed by atoms with E-state index in [1.807, 2.05) is 0 Å².